The summed E-state index contributed by atoms with van der Waals surface area (Å²) in [5.74, 6) is -0.112. The van der Waals surface area contributed by atoms with E-state index in [9.17, 15) is 14.4 Å². The first-order valence-corrected chi connectivity index (χ1v) is 10.7. The van der Waals surface area contributed by atoms with E-state index in [0.717, 1.165) is 34.6 Å². The SMILES string of the molecule is CC[NH+](CC(=O)Nc1sc2c(c1C(=O)OC)CC[C@@H](C)C2)CC(=O)NC(C)C. The van der Waals surface area contributed by atoms with Crippen LogP contribution in [0.1, 0.15) is 54.9 Å². The molecule has 1 aromatic heterocycles. The predicted molar refractivity (Wildman–Crippen MR) is 110 cm³/mol. The molecule has 0 saturated carbocycles. The van der Waals surface area contributed by atoms with E-state index in [0.29, 0.717) is 23.0 Å². The molecule has 2 rings (SSSR count). The van der Waals surface area contributed by atoms with Gasteiger partial charge in [-0.25, -0.2) is 4.79 Å². The minimum Gasteiger partial charge on any atom is -0.465 e. The molecule has 1 aliphatic rings. The summed E-state index contributed by atoms with van der Waals surface area (Å²) in [4.78, 5) is 39.0. The third kappa shape index (κ3) is 5.78. The number of anilines is 1. The van der Waals surface area contributed by atoms with Crippen LogP contribution in [0.15, 0.2) is 0 Å². The molecule has 1 unspecified atom stereocenters. The molecule has 0 fully saturated rings. The zero-order chi connectivity index (χ0) is 20.8. The van der Waals surface area contributed by atoms with E-state index in [-0.39, 0.29) is 30.9 Å². The Kier molecular flexibility index (Phi) is 8.00. The first-order valence-electron chi connectivity index (χ1n) is 9.90. The lowest BCUT2D eigenvalue weighted by atomic mass is 9.88. The number of fused-ring (bicyclic) bond motifs is 1. The van der Waals surface area contributed by atoms with E-state index in [4.69, 9.17) is 4.74 Å². The summed E-state index contributed by atoms with van der Waals surface area (Å²) in [5.41, 5.74) is 1.51. The number of thiophene rings is 1. The molecule has 7 nitrogen and oxygen atoms in total. The maximum absolute atomic E-state index is 12.6. The Morgan fingerprint density at radius 2 is 1.93 bits per heavy atom. The molecule has 1 heterocycles. The highest BCUT2D eigenvalue weighted by atomic mass is 32.1. The maximum Gasteiger partial charge on any atom is 0.341 e. The molecular weight excluding hydrogens is 378 g/mol. The molecule has 3 N–H and O–H groups in total. The number of ether oxygens (including phenoxy) is 1. The standard InChI is InChI=1S/C20H31N3O4S/c1-6-23(10-16(24)21-12(2)3)11-17(25)22-19-18(20(26)27-5)14-8-7-13(4)9-15(14)28-19/h12-13H,6-11H2,1-5H3,(H,21,24)(H,22,25)/p+1/t13-/m1/s1. The first-order chi connectivity index (χ1) is 13.2. The van der Waals surface area contributed by atoms with Crippen molar-refractivity contribution in [1.29, 1.82) is 0 Å². The number of likely N-dealkylation sites (N-methyl/N-ethyl adjacent to an activating group) is 1. The lowest BCUT2D eigenvalue weighted by Crippen LogP contribution is -3.14. The molecule has 2 atom stereocenters. The normalized spacial score (nSPS) is 17.0. The molecule has 1 aromatic rings. The van der Waals surface area contributed by atoms with E-state index >= 15 is 0 Å². The zero-order valence-corrected chi connectivity index (χ0v) is 18.3. The van der Waals surface area contributed by atoms with Gasteiger partial charge in [0, 0.05) is 10.9 Å². The molecule has 0 aromatic carbocycles. The number of esters is 1. The van der Waals surface area contributed by atoms with Gasteiger partial charge in [0.2, 0.25) is 0 Å². The van der Waals surface area contributed by atoms with E-state index in [2.05, 4.69) is 17.6 Å². The van der Waals surface area contributed by atoms with Crippen LogP contribution < -0.4 is 15.5 Å². The van der Waals surface area contributed by atoms with Crippen molar-refractivity contribution in [3.05, 3.63) is 16.0 Å². The van der Waals surface area contributed by atoms with Crippen LogP contribution in [0.2, 0.25) is 0 Å². The van der Waals surface area contributed by atoms with Gasteiger partial charge in [-0.05, 0) is 51.5 Å². The minimum absolute atomic E-state index is 0.0712. The molecule has 0 saturated heterocycles. The van der Waals surface area contributed by atoms with Crippen molar-refractivity contribution in [3.8, 4) is 0 Å². The molecule has 1 aliphatic carbocycles. The summed E-state index contributed by atoms with van der Waals surface area (Å²) in [6.07, 6.45) is 2.77. The Labute approximate surface area is 170 Å². The van der Waals surface area contributed by atoms with Gasteiger partial charge in [-0.3, -0.25) is 9.59 Å². The lowest BCUT2D eigenvalue weighted by molar-refractivity contribution is -0.881. The maximum atomic E-state index is 12.6. The zero-order valence-electron chi connectivity index (χ0n) is 17.4. The van der Waals surface area contributed by atoms with Gasteiger partial charge in [-0.2, -0.15) is 0 Å². The molecule has 0 radical (unpaired) electrons. The highest BCUT2D eigenvalue weighted by Gasteiger charge is 2.29. The minimum atomic E-state index is -0.404. The van der Waals surface area contributed by atoms with Crippen molar-refractivity contribution in [1.82, 2.24) is 5.32 Å². The fourth-order valence-corrected chi connectivity index (χ4v) is 4.88. The summed E-state index contributed by atoms with van der Waals surface area (Å²) < 4.78 is 4.96. The van der Waals surface area contributed by atoms with Crippen molar-refractivity contribution in [2.75, 3.05) is 32.1 Å². The van der Waals surface area contributed by atoms with Crippen molar-refractivity contribution < 1.29 is 24.0 Å². The first kappa shape index (κ1) is 22.4. The van der Waals surface area contributed by atoms with Crippen molar-refractivity contribution in [3.63, 3.8) is 0 Å². The number of hydrogen-bond donors (Lipinski definition) is 3. The average molecular weight is 411 g/mol. The van der Waals surface area contributed by atoms with Gasteiger partial charge in [0.1, 0.15) is 5.00 Å². The van der Waals surface area contributed by atoms with Crippen LogP contribution in [0.5, 0.6) is 0 Å². The quantitative estimate of drug-likeness (QED) is 0.559. The Bertz CT molecular complexity index is 729. The summed E-state index contributed by atoms with van der Waals surface area (Å²) in [6, 6.07) is 0.0712. The van der Waals surface area contributed by atoms with Crippen molar-refractivity contribution in [2.24, 2.45) is 5.92 Å². The lowest BCUT2D eigenvalue weighted by Gasteiger charge is -2.18. The highest BCUT2D eigenvalue weighted by molar-refractivity contribution is 7.17. The molecule has 28 heavy (non-hydrogen) atoms. The molecule has 2 amide bonds. The van der Waals surface area contributed by atoms with Crippen LogP contribution >= 0.6 is 11.3 Å². The van der Waals surface area contributed by atoms with Gasteiger partial charge in [0.15, 0.2) is 13.1 Å². The van der Waals surface area contributed by atoms with Crippen LogP contribution in [-0.2, 0) is 27.2 Å². The highest BCUT2D eigenvalue weighted by Crippen LogP contribution is 2.39. The number of rotatable bonds is 8. The summed E-state index contributed by atoms with van der Waals surface area (Å²) in [7, 11) is 1.36. The third-order valence-corrected chi connectivity index (χ3v) is 6.09. The Hall–Kier alpha value is -1.93. The summed E-state index contributed by atoms with van der Waals surface area (Å²) in [6.45, 7) is 9.01. The smallest absolute Gasteiger partial charge is 0.341 e. The second-order valence-electron chi connectivity index (χ2n) is 7.77. The van der Waals surface area contributed by atoms with Crippen LogP contribution in [-0.4, -0.2) is 50.6 Å². The Morgan fingerprint density at radius 1 is 1.25 bits per heavy atom. The van der Waals surface area contributed by atoms with Gasteiger partial charge in [-0.15, -0.1) is 11.3 Å². The van der Waals surface area contributed by atoms with E-state index in [1.54, 1.807) is 0 Å². The predicted octanol–water partition coefficient (Wildman–Crippen LogP) is 1.03. The van der Waals surface area contributed by atoms with Gasteiger partial charge >= 0.3 is 5.97 Å². The second-order valence-corrected chi connectivity index (χ2v) is 8.88. The Morgan fingerprint density at radius 3 is 2.54 bits per heavy atom. The fraction of sp³-hybridized carbons (Fsp3) is 0.650. The van der Waals surface area contributed by atoms with Crippen molar-refractivity contribution in [2.45, 2.75) is 53.0 Å². The molecule has 0 aliphatic heterocycles. The molecule has 0 spiro atoms. The number of quaternary nitrogens is 1. The van der Waals surface area contributed by atoms with Gasteiger partial charge in [0.25, 0.3) is 11.8 Å². The van der Waals surface area contributed by atoms with E-state index in [1.807, 2.05) is 20.8 Å². The van der Waals surface area contributed by atoms with Crippen LogP contribution in [0, 0.1) is 5.92 Å². The monoisotopic (exact) mass is 410 g/mol. The number of nitrogens with one attached hydrogen (secondary N) is 3. The van der Waals surface area contributed by atoms with Gasteiger partial charge < -0.3 is 20.3 Å². The molecular formula is C20H32N3O4S+. The summed E-state index contributed by atoms with van der Waals surface area (Å²) >= 11 is 1.47. The molecule has 156 valence electrons. The van der Waals surface area contributed by atoms with Crippen LogP contribution in [0.25, 0.3) is 0 Å². The van der Waals surface area contributed by atoms with Gasteiger partial charge in [0.05, 0.1) is 19.2 Å². The number of carbonyl (C=O) groups excluding carboxylic acids is 3. The number of amides is 2. The number of methoxy groups -OCH3 is 1. The van der Waals surface area contributed by atoms with Crippen molar-refractivity contribution >= 4 is 34.1 Å². The summed E-state index contributed by atoms with van der Waals surface area (Å²) in [5, 5.41) is 6.32. The Balaban J connectivity index is 2.10. The molecule has 8 heteroatoms. The number of carbonyl (C=O) groups is 3. The van der Waals surface area contributed by atoms with E-state index < -0.39 is 5.97 Å². The van der Waals surface area contributed by atoms with Crippen LogP contribution in [0.3, 0.4) is 0 Å². The average Bonchev–Trinajstić information content (AvgIpc) is 2.96. The third-order valence-electron chi connectivity index (χ3n) is 4.92. The van der Waals surface area contributed by atoms with Crippen LogP contribution in [0.4, 0.5) is 5.00 Å². The number of hydrogen-bond acceptors (Lipinski definition) is 5. The second kappa shape index (κ2) is 10.0. The fourth-order valence-electron chi connectivity index (χ4n) is 3.47. The van der Waals surface area contributed by atoms with Gasteiger partial charge in [-0.1, -0.05) is 6.92 Å². The largest absolute Gasteiger partial charge is 0.465 e. The molecule has 0 bridgehead atoms. The topological polar surface area (TPSA) is 88.9 Å². The van der Waals surface area contributed by atoms with E-state index in [1.165, 1.54) is 18.4 Å².